The number of carbonyl (C=O) groups excluding carboxylic acids is 1. The van der Waals surface area contributed by atoms with Crippen LogP contribution in [0.4, 0.5) is 0 Å². The third-order valence-electron chi connectivity index (χ3n) is 3.37. The molecule has 0 saturated heterocycles. The minimum atomic E-state index is -0.188. The molecule has 0 saturated carbocycles. The summed E-state index contributed by atoms with van der Waals surface area (Å²) in [5.74, 6) is -0.147. The van der Waals surface area contributed by atoms with Crippen molar-refractivity contribution < 1.29 is 9.53 Å². The Balaban J connectivity index is 2.40. The van der Waals surface area contributed by atoms with Crippen molar-refractivity contribution in [3.8, 4) is 0 Å². The average Bonchev–Trinajstić information content (AvgIpc) is 2.75. The number of aryl methyl sites for hydroxylation is 2. The number of nitrogens with one attached hydrogen (secondary N) is 1. The number of aromatic amines is 1. The van der Waals surface area contributed by atoms with Crippen LogP contribution in [0.25, 0.3) is 0 Å². The molecule has 1 heterocycles. The molecular weight excluding hydrogens is 238 g/mol. The predicted octanol–water partition coefficient (Wildman–Crippen LogP) is 3.33. The number of hydrogen-bond donors (Lipinski definition) is 1. The smallest absolute Gasteiger partial charge is 0.306 e. The highest BCUT2D eigenvalue weighted by atomic mass is 16.5. The van der Waals surface area contributed by atoms with Gasteiger partial charge in [-0.25, -0.2) is 0 Å². The number of H-pyrrole nitrogens is 1. The lowest BCUT2D eigenvalue weighted by atomic mass is 9.88. The van der Waals surface area contributed by atoms with Crippen LogP contribution >= 0.6 is 0 Å². The number of aromatic nitrogens is 1. The summed E-state index contributed by atoms with van der Waals surface area (Å²) in [5.41, 5.74) is 4.51. The van der Waals surface area contributed by atoms with Gasteiger partial charge in [-0.3, -0.25) is 4.79 Å². The van der Waals surface area contributed by atoms with Gasteiger partial charge in [-0.15, -0.1) is 0 Å². The molecule has 2 aromatic rings. The first-order valence-corrected chi connectivity index (χ1v) is 6.39. The van der Waals surface area contributed by atoms with Crippen molar-refractivity contribution in [2.45, 2.75) is 26.2 Å². The van der Waals surface area contributed by atoms with Crippen molar-refractivity contribution in [1.82, 2.24) is 4.98 Å². The first-order valence-electron chi connectivity index (χ1n) is 6.39. The summed E-state index contributed by atoms with van der Waals surface area (Å²) in [6, 6.07) is 12.2. The van der Waals surface area contributed by atoms with E-state index in [0.29, 0.717) is 6.42 Å². The average molecular weight is 257 g/mol. The summed E-state index contributed by atoms with van der Waals surface area (Å²) < 4.78 is 4.82. The molecule has 0 aliphatic heterocycles. The van der Waals surface area contributed by atoms with E-state index >= 15 is 0 Å². The fourth-order valence-corrected chi connectivity index (χ4v) is 2.45. The fourth-order valence-electron chi connectivity index (χ4n) is 2.45. The van der Waals surface area contributed by atoms with Crippen LogP contribution in [0, 0.1) is 13.8 Å². The minimum Gasteiger partial charge on any atom is -0.469 e. The van der Waals surface area contributed by atoms with E-state index in [1.165, 1.54) is 7.11 Å². The number of ether oxygens (including phenoxy) is 1. The molecule has 0 aliphatic rings. The van der Waals surface area contributed by atoms with E-state index in [4.69, 9.17) is 4.74 Å². The summed E-state index contributed by atoms with van der Waals surface area (Å²) in [7, 11) is 1.43. The fraction of sp³-hybridized carbons (Fsp3) is 0.312. The molecule has 1 N–H and O–H groups in total. The van der Waals surface area contributed by atoms with Gasteiger partial charge in [0, 0.05) is 17.3 Å². The van der Waals surface area contributed by atoms with E-state index in [0.717, 1.165) is 22.5 Å². The van der Waals surface area contributed by atoms with Gasteiger partial charge in [0.05, 0.1) is 13.5 Å². The van der Waals surface area contributed by atoms with Crippen LogP contribution in [-0.2, 0) is 9.53 Å². The highest BCUT2D eigenvalue weighted by Crippen LogP contribution is 2.31. The van der Waals surface area contributed by atoms with Gasteiger partial charge in [-0.2, -0.15) is 0 Å². The van der Waals surface area contributed by atoms with Crippen molar-refractivity contribution in [1.29, 1.82) is 0 Å². The molecule has 100 valence electrons. The van der Waals surface area contributed by atoms with Crippen LogP contribution in [0.3, 0.4) is 0 Å². The molecule has 1 aromatic carbocycles. The number of methoxy groups -OCH3 is 1. The SMILES string of the molecule is COC(=O)C[C@@H](c1ccccc1)c1cc(C)[nH]c1C. The number of benzene rings is 1. The summed E-state index contributed by atoms with van der Waals surface area (Å²) in [6.07, 6.45) is 0.360. The van der Waals surface area contributed by atoms with Gasteiger partial charge in [0.1, 0.15) is 0 Å². The maximum Gasteiger partial charge on any atom is 0.306 e. The lowest BCUT2D eigenvalue weighted by Crippen LogP contribution is -2.10. The maximum atomic E-state index is 11.7. The molecule has 1 atom stereocenters. The molecule has 0 bridgehead atoms. The van der Waals surface area contributed by atoms with E-state index in [-0.39, 0.29) is 11.9 Å². The molecule has 3 heteroatoms. The van der Waals surface area contributed by atoms with Crippen molar-refractivity contribution in [3.63, 3.8) is 0 Å². The van der Waals surface area contributed by atoms with Crippen LogP contribution < -0.4 is 0 Å². The van der Waals surface area contributed by atoms with Crippen molar-refractivity contribution in [2.24, 2.45) is 0 Å². The van der Waals surface area contributed by atoms with E-state index in [9.17, 15) is 4.79 Å². The Bertz CT molecular complexity index is 557. The Morgan fingerprint density at radius 1 is 1.26 bits per heavy atom. The Morgan fingerprint density at radius 3 is 2.47 bits per heavy atom. The molecule has 1 aromatic heterocycles. The van der Waals surface area contributed by atoms with Crippen molar-refractivity contribution in [2.75, 3.05) is 7.11 Å². The number of carbonyl (C=O) groups is 1. The zero-order chi connectivity index (χ0) is 13.8. The summed E-state index contributed by atoms with van der Waals surface area (Å²) in [4.78, 5) is 15.0. The lowest BCUT2D eigenvalue weighted by Gasteiger charge is -2.16. The van der Waals surface area contributed by atoms with Gasteiger partial charge in [-0.05, 0) is 31.0 Å². The van der Waals surface area contributed by atoms with E-state index in [2.05, 4.69) is 23.2 Å². The van der Waals surface area contributed by atoms with Crippen LogP contribution in [0.2, 0.25) is 0 Å². The number of rotatable bonds is 4. The highest BCUT2D eigenvalue weighted by molar-refractivity contribution is 5.71. The van der Waals surface area contributed by atoms with Crippen LogP contribution in [-0.4, -0.2) is 18.1 Å². The Labute approximate surface area is 113 Å². The Hall–Kier alpha value is -2.03. The first-order chi connectivity index (χ1) is 9.11. The third-order valence-corrected chi connectivity index (χ3v) is 3.37. The van der Waals surface area contributed by atoms with Gasteiger partial charge in [0.25, 0.3) is 0 Å². The lowest BCUT2D eigenvalue weighted by molar-refractivity contribution is -0.140. The zero-order valence-electron chi connectivity index (χ0n) is 11.6. The van der Waals surface area contributed by atoms with Crippen LogP contribution in [0.5, 0.6) is 0 Å². The molecule has 3 nitrogen and oxygen atoms in total. The quantitative estimate of drug-likeness (QED) is 0.854. The normalized spacial score (nSPS) is 12.2. The predicted molar refractivity (Wildman–Crippen MR) is 75.2 cm³/mol. The number of esters is 1. The number of hydrogen-bond acceptors (Lipinski definition) is 2. The second-order valence-corrected chi connectivity index (χ2v) is 4.78. The van der Waals surface area contributed by atoms with Gasteiger partial charge < -0.3 is 9.72 Å². The van der Waals surface area contributed by atoms with Gasteiger partial charge in [0.2, 0.25) is 0 Å². The zero-order valence-corrected chi connectivity index (χ0v) is 11.6. The summed E-state index contributed by atoms with van der Waals surface area (Å²) >= 11 is 0. The van der Waals surface area contributed by atoms with Gasteiger partial charge in [0.15, 0.2) is 0 Å². The molecular formula is C16H19NO2. The largest absolute Gasteiger partial charge is 0.469 e. The van der Waals surface area contributed by atoms with Crippen LogP contribution in [0.1, 0.15) is 34.9 Å². The topological polar surface area (TPSA) is 42.1 Å². The summed E-state index contributed by atoms with van der Waals surface area (Å²) in [6.45, 7) is 4.06. The molecule has 19 heavy (non-hydrogen) atoms. The summed E-state index contributed by atoms with van der Waals surface area (Å²) in [5, 5.41) is 0. The Kier molecular flexibility index (Phi) is 4.05. The molecule has 0 unspecified atom stereocenters. The van der Waals surface area contributed by atoms with Crippen molar-refractivity contribution >= 4 is 5.97 Å². The van der Waals surface area contributed by atoms with Gasteiger partial charge >= 0.3 is 5.97 Å². The molecule has 0 spiro atoms. The van der Waals surface area contributed by atoms with Crippen LogP contribution in [0.15, 0.2) is 36.4 Å². The molecule has 0 aliphatic carbocycles. The van der Waals surface area contributed by atoms with Gasteiger partial charge in [-0.1, -0.05) is 30.3 Å². The monoisotopic (exact) mass is 257 g/mol. The Morgan fingerprint density at radius 2 is 1.95 bits per heavy atom. The first kappa shape index (κ1) is 13.4. The maximum absolute atomic E-state index is 11.7. The second-order valence-electron chi connectivity index (χ2n) is 4.78. The second kappa shape index (κ2) is 5.74. The van der Waals surface area contributed by atoms with E-state index < -0.39 is 0 Å². The third kappa shape index (κ3) is 3.05. The molecule has 0 radical (unpaired) electrons. The minimum absolute atomic E-state index is 0.0404. The highest BCUT2D eigenvalue weighted by Gasteiger charge is 2.21. The van der Waals surface area contributed by atoms with E-state index in [1.54, 1.807) is 0 Å². The molecule has 2 rings (SSSR count). The molecule has 0 amide bonds. The van der Waals surface area contributed by atoms with Crippen molar-refractivity contribution in [3.05, 3.63) is 58.9 Å². The standard InChI is InChI=1S/C16H19NO2/c1-11-9-14(12(2)17-11)15(10-16(18)19-3)13-7-5-4-6-8-13/h4-9,15,17H,10H2,1-3H3/t15-/m0/s1. The van der Waals surface area contributed by atoms with E-state index in [1.807, 2.05) is 32.0 Å². The molecule has 0 fully saturated rings.